The third-order valence-corrected chi connectivity index (χ3v) is 5.49. The number of amides is 2. The van der Waals surface area contributed by atoms with Crippen LogP contribution in [-0.4, -0.2) is 37.5 Å². The van der Waals surface area contributed by atoms with Crippen molar-refractivity contribution in [2.24, 2.45) is 11.7 Å². The first-order valence-corrected chi connectivity index (χ1v) is 11.0. The van der Waals surface area contributed by atoms with Crippen molar-refractivity contribution in [2.45, 2.75) is 32.0 Å². The lowest BCUT2D eigenvalue weighted by atomic mass is 10.0. The minimum atomic E-state index is -4.64. The van der Waals surface area contributed by atoms with Crippen molar-refractivity contribution in [3.05, 3.63) is 59.2 Å². The summed E-state index contributed by atoms with van der Waals surface area (Å²) in [7, 11) is 0. The smallest absolute Gasteiger partial charge is 0.419 e. The molecule has 0 bridgehead atoms. The Bertz CT molecular complexity index is 1070. The summed E-state index contributed by atoms with van der Waals surface area (Å²) in [4.78, 5) is 24.5. The lowest BCUT2D eigenvalue weighted by Crippen LogP contribution is -2.30. The second kappa shape index (κ2) is 11.2. The van der Waals surface area contributed by atoms with Gasteiger partial charge in [0, 0.05) is 23.8 Å². The zero-order chi connectivity index (χ0) is 25.6. The Morgan fingerprint density at radius 1 is 1.20 bits per heavy atom. The summed E-state index contributed by atoms with van der Waals surface area (Å²) in [6.07, 6.45) is -4.42. The van der Waals surface area contributed by atoms with E-state index in [1.807, 2.05) is 0 Å². The number of nitrogens with two attached hydrogens (primary N) is 1. The number of rotatable bonds is 9. The van der Waals surface area contributed by atoms with Gasteiger partial charge in [-0.15, -0.1) is 0 Å². The van der Waals surface area contributed by atoms with Crippen LogP contribution in [0.5, 0.6) is 5.75 Å². The average Bonchev–Trinajstić information content (AvgIpc) is 3.30. The van der Waals surface area contributed by atoms with Gasteiger partial charge < -0.3 is 25.8 Å². The standard InChI is InChI=1S/C24H27F3N4O4/c1-14(30-21(32)11-22(33)31-18-5-2-16(3-6-18)23(28)29)17-4-7-20(19(10-17)24(25,26)27)35-13-15-8-9-34-12-15/h2-7,10,14-15H,8-9,11-13H2,1H3,(H3,28,29)(H,30,32)(H,31,33). The van der Waals surface area contributed by atoms with Gasteiger partial charge in [-0.3, -0.25) is 15.0 Å². The van der Waals surface area contributed by atoms with Crippen molar-refractivity contribution in [1.82, 2.24) is 5.32 Å². The first-order chi connectivity index (χ1) is 16.5. The van der Waals surface area contributed by atoms with Gasteiger partial charge in [0.1, 0.15) is 18.0 Å². The van der Waals surface area contributed by atoms with Gasteiger partial charge in [-0.1, -0.05) is 6.07 Å². The molecule has 2 aromatic rings. The zero-order valence-corrected chi connectivity index (χ0v) is 19.1. The van der Waals surface area contributed by atoms with Crippen LogP contribution in [0, 0.1) is 11.3 Å². The molecule has 8 nitrogen and oxygen atoms in total. The second-order valence-electron chi connectivity index (χ2n) is 8.30. The fraction of sp³-hybridized carbons (Fsp3) is 0.375. The van der Waals surface area contributed by atoms with Gasteiger partial charge in [0.05, 0.1) is 24.8 Å². The maximum absolute atomic E-state index is 13.6. The molecular formula is C24H27F3N4O4. The molecular weight excluding hydrogens is 465 g/mol. The monoisotopic (exact) mass is 492 g/mol. The largest absolute Gasteiger partial charge is 0.493 e. The van der Waals surface area contributed by atoms with Crippen LogP contribution in [0.1, 0.15) is 42.5 Å². The Labute approximate surface area is 200 Å². The van der Waals surface area contributed by atoms with Gasteiger partial charge in [-0.05, 0) is 55.3 Å². The summed E-state index contributed by atoms with van der Waals surface area (Å²) in [5, 5.41) is 12.4. The van der Waals surface area contributed by atoms with Crippen molar-refractivity contribution in [2.75, 3.05) is 25.1 Å². The minimum Gasteiger partial charge on any atom is -0.493 e. The normalized spacial score (nSPS) is 16.4. The number of nitrogens with one attached hydrogen (secondary N) is 3. The quantitative estimate of drug-likeness (QED) is 0.242. The summed E-state index contributed by atoms with van der Waals surface area (Å²) < 4.78 is 51.6. The molecule has 0 spiro atoms. The predicted octanol–water partition coefficient (Wildman–Crippen LogP) is 3.61. The predicted molar refractivity (Wildman–Crippen MR) is 123 cm³/mol. The molecule has 5 N–H and O–H groups in total. The maximum atomic E-state index is 13.6. The molecule has 2 unspecified atom stereocenters. The van der Waals surface area contributed by atoms with E-state index in [1.165, 1.54) is 31.2 Å². The molecule has 2 atom stereocenters. The molecule has 0 aliphatic carbocycles. The molecule has 1 heterocycles. The van der Waals surface area contributed by atoms with Gasteiger partial charge >= 0.3 is 6.18 Å². The van der Waals surface area contributed by atoms with Crippen molar-refractivity contribution >= 4 is 23.3 Å². The molecule has 1 aliphatic rings. The number of hydrogen-bond acceptors (Lipinski definition) is 5. The van der Waals surface area contributed by atoms with Gasteiger partial charge in [0.2, 0.25) is 11.8 Å². The van der Waals surface area contributed by atoms with E-state index in [0.717, 1.165) is 12.5 Å². The molecule has 0 aromatic heterocycles. The summed E-state index contributed by atoms with van der Waals surface area (Å²) >= 11 is 0. The number of hydrogen-bond donors (Lipinski definition) is 4. The number of nitrogen functional groups attached to an aromatic ring is 1. The van der Waals surface area contributed by atoms with Crippen molar-refractivity contribution in [1.29, 1.82) is 5.41 Å². The van der Waals surface area contributed by atoms with Crippen molar-refractivity contribution in [3.8, 4) is 5.75 Å². The SMILES string of the molecule is CC(NC(=O)CC(=O)Nc1ccc(C(=N)N)cc1)c1ccc(OCC2CCOC2)c(C(F)(F)F)c1. The van der Waals surface area contributed by atoms with Crippen LogP contribution in [0.3, 0.4) is 0 Å². The Hall–Kier alpha value is -3.60. The lowest BCUT2D eigenvalue weighted by Gasteiger charge is -2.20. The molecule has 1 aliphatic heterocycles. The van der Waals surface area contributed by atoms with E-state index < -0.39 is 36.0 Å². The van der Waals surface area contributed by atoms with Crippen molar-refractivity contribution in [3.63, 3.8) is 0 Å². The van der Waals surface area contributed by atoms with E-state index in [1.54, 1.807) is 12.1 Å². The number of carbonyl (C=O) groups is 2. The molecule has 0 saturated carbocycles. The highest BCUT2D eigenvalue weighted by atomic mass is 19.4. The van der Waals surface area contributed by atoms with Crippen LogP contribution in [-0.2, 0) is 20.5 Å². The highest BCUT2D eigenvalue weighted by molar-refractivity contribution is 6.04. The number of carbonyl (C=O) groups excluding carboxylic acids is 2. The molecule has 3 rings (SSSR count). The van der Waals surface area contributed by atoms with Crippen molar-refractivity contribution < 1.29 is 32.2 Å². The highest BCUT2D eigenvalue weighted by Gasteiger charge is 2.35. The summed E-state index contributed by atoms with van der Waals surface area (Å²) in [6.45, 7) is 2.68. The molecule has 188 valence electrons. The molecule has 11 heteroatoms. The molecule has 0 radical (unpaired) electrons. The first kappa shape index (κ1) is 26.0. The maximum Gasteiger partial charge on any atom is 0.419 e. The topological polar surface area (TPSA) is 127 Å². The van der Waals surface area contributed by atoms with Crippen LogP contribution >= 0.6 is 0 Å². The highest BCUT2D eigenvalue weighted by Crippen LogP contribution is 2.38. The molecule has 2 amide bonds. The van der Waals surface area contributed by atoms with Gasteiger partial charge in [0.25, 0.3) is 0 Å². The lowest BCUT2D eigenvalue weighted by molar-refractivity contribution is -0.139. The minimum absolute atomic E-state index is 0.0483. The van der Waals surface area contributed by atoms with Crippen LogP contribution in [0.2, 0.25) is 0 Å². The Kier molecular flexibility index (Phi) is 8.34. The number of benzene rings is 2. The first-order valence-electron chi connectivity index (χ1n) is 11.0. The summed E-state index contributed by atoms with van der Waals surface area (Å²) in [6, 6.07) is 9.05. The van der Waals surface area contributed by atoms with E-state index in [-0.39, 0.29) is 29.7 Å². The van der Waals surface area contributed by atoms with E-state index in [9.17, 15) is 22.8 Å². The van der Waals surface area contributed by atoms with Crippen LogP contribution in [0.25, 0.3) is 0 Å². The third kappa shape index (κ3) is 7.44. The molecule has 1 fully saturated rings. The van der Waals surface area contributed by atoms with Gasteiger partial charge in [0.15, 0.2) is 0 Å². The summed E-state index contributed by atoms with van der Waals surface area (Å²) in [5.74, 6) is -1.59. The number of alkyl halides is 3. The van der Waals surface area contributed by atoms with Crippen LogP contribution < -0.4 is 21.1 Å². The van der Waals surface area contributed by atoms with E-state index in [2.05, 4.69) is 10.6 Å². The molecule has 2 aromatic carbocycles. The van der Waals surface area contributed by atoms with Crippen LogP contribution in [0.15, 0.2) is 42.5 Å². The number of anilines is 1. The fourth-order valence-corrected chi connectivity index (χ4v) is 3.55. The number of halogens is 3. The number of amidine groups is 1. The Morgan fingerprint density at radius 2 is 1.91 bits per heavy atom. The van der Waals surface area contributed by atoms with E-state index in [0.29, 0.717) is 24.5 Å². The Balaban J connectivity index is 1.59. The molecule has 1 saturated heterocycles. The van der Waals surface area contributed by atoms with Gasteiger partial charge in [-0.2, -0.15) is 13.2 Å². The zero-order valence-electron chi connectivity index (χ0n) is 19.1. The fourth-order valence-electron chi connectivity index (χ4n) is 3.55. The Morgan fingerprint density at radius 3 is 2.51 bits per heavy atom. The second-order valence-corrected chi connectivity index (χ2v) is 8.30. The summed E-state index contributed by atoms with van der Waals surface area (Å²) in [5.41, 5.74) is 5.57. The number of ether oxygens (including phenoxy) is 2. The third-order valence-electron chi connectivity index (χ3n) is 5.49. The average molecular weight is 492 g/mol. The van der Waals surface area contributed by atoms with Gasteiger partial charge in [-0.25, -0.2) is 0 Å². The van der Waals surface area contributed by atoms with E-state index >= 15 is 0 Å². The molecule has 35 heavy (non-hydrogen) atoms. The van der Waals surface area contributed by atoms with Crippen LogP contribution in [0.4, 0.5) is 18.9 Å². The van der Waals surface area contributed by atoms with E-state index in [4.69, 9.17) is 20.6 Å².